The highest BCUT2D eigenvalue weighted by molar-refractivity contribution is 6.07. The Bertz CT molecular complexity index is 961. The summed E-state index contributed by atoms with van der Waals surface area (Å²) in [6.45, 7) is 3.01. The first kappa shape index (κ1) is 17.6. The molecular weight excluding hydrogens is 342 g/mol. The second-order valence-electron chi connectivity index (χ2n) is 6.57. The molecular formula is C21H21N3O3. The quantitative estimate of drug-likeness (QED) is 0.771. The summed E-state index contributed by atoms with van der Waals surface area (Å²) in [5.41, 5.74) is 2.96. The number of benzene rings is 1. The summed E-state index contributed by atoms with van der Waals surface area (Å²) in [6, 6.07) is 12.9. The number of para-hydroxylation sites is 1. The van der Waals surface area contributed by atoms with Gasteiger partial charge in [0, 0.05) is 29.9 Å². The Morgan fingerprint density at radius 1 is 1.22 bits per heavy atom. The van der Waals surface area contributed by atoms with Gasteiger partial charge in [-0.1, -0.05) is 18.2 Å². The van der Waals surface area contributed by atoms with Crippen molar-refractivity contribution in [1.29, 1.82) is 0 Å². The molecule has 27 heavy (non-hydrogen) atoms. The average Bonchev–Trinajstić information content (AvgIpc) is 3.14. The van der Waals surface area contributed by atoms with Gasteiger partial charge in [-0.3, -0.25) is 9.78 Å². The molecule has 1 saturated heterocycles. The highest BCUT2D eigenvalue weighted by atomic mass is 16.5. The van der Waals surface area contributed by atoms with Crippen LogP contribution in [-0.2, 0) is 4.74 Å². The first-order valence-corrected chi connectivity index (χ1v) is 9.06. The molecule has 2 aromatic heterocycles. The van der Waals surface area contributed by atoms with Crippen LogP contribution in [0.2, 0.25) is 0 Å². The van der Waals surface area contributed by atoms with Gasteiger partial charge in [0.05, 0.1) is 42.1 Å². The molecule has 138 valence electrons. The summed E-state index contributed by atoms with van der Waals surface area (Å²) in [5, 5.41) is 11.0. The van der Waals surface area contributed by atoms with Gasteiger partial charge in [0.1, 0.15) is 0 Å². The van der Waals surface area contributed by atoms with E-state index in [1.165, 1.54) is 0 Å². The third-order valence-electron chi connectivity index (χ3n) is 4.95. The van der Waals surface area contributed by atoms with Crippen LogP contribution in [0.15, 0.2) is 54.9 Å². The molecule has 0 bridgehead atoms. The van der Waals surface area contributed by atoms with Crippen LogP contribution >= 0.6 is 0 Å². The number of carbonyl (C=O) groups is 1. The minimum Gasteiger partial charge on any atom is -0.388 e. The number of hydrogen-bond acceptors (Lipinski definition) is 5. The highest BCUT2D eigenvalue weighted by Gasteiger charge is 2.34. The Hall–Kier alpha value is -2.83. The predicted molar refractivity (Wildman–Crippen MR) is 102 cm³/mol. The maximum absolute atomic E-state index is 13.4. The summed E-state index contributed by atoms with van der Waals surface area (Å²) in [6.07, 6.45) is 2.75. The monoisotopic (exact) mass is 363 g/mol. The van der Waals surface area contributed by atoms with Crippen LogP contribution < -0.4 is 0 Å². The van der Waals surface area contributed by atoms with E-state index in [9.17, 15) is 9.90 Å². The average molecular weight is 363 g/mol. The van der Waals surface area contributed by atoms with Gasteiger partial charge in [-0.15, -0.1) is 0 Å². The molecule has 1 amide bonds. The molecule has 3 aromatic rings. The molecule has 0 radical (unpaired) electrons. The summed E-state index contributed by atoms with van der Waals surface area (Å²) in [4.78, 5) is 23.9. The first-order valence-electron chi connectivity index (χ1n) is 9.06. The van der Waals surface area contributed by atoms with E-state index in [2.05, 4.69) is 4.98 Å². The van der Waals surface area contributed by atoms with Crippen LogP contribution in [0, 0.1) is 0 Å². The smallest absolute Gasteiger partial charge is 0.255 e. The number of rotatable bonds is 4. The summed E-state index contributed by atoms with van der Waals surface area (Å²) >= 11 is 0. The van der Waals surface area contributed by atoms with Crippen molar-refractivity contribution in [3.8, 4) is 11.3 Å². The van der Waals surface area contributed by atoms with E-state index in [0.29, 0.717) is 18.7 Å². The number of nitrogens with zero attached hydrogens (tertiary/aromatic N) is 3. The molecule has 1 N–H and O–H groups in total. The van der Waals surface area contributed by atoms with E-state index in [4.69, 9.17) is 9.72 Å². The van der Waals surface area contributed by atoms with Crippen molar-refractivity contribution in [2.45, 2.75) is 19.1 Å². The van der Waals surface area contributed by atoms with Gasteiger partial charge in [-0.2, -0.15) is 0 Å². The Kier molecular flexibility index (Phi) is 4.83. The van der Waals surface area contributed by atoms with Crippen LogP contribution in [0.1, 0.15) is 17.3 Å². The molecule has 1 aromatic carbocycles. The largest absolute Gasteiger partial charge is 0.388 e. The number of carbonyl (C=O) groups excluding carboxylic acids is 1. The fourth-order valence-electron chi connectivity index (χ4n) is 3.54. The number of aromatic nitrogens is 2. The molecule has 3 heterocycles. The van der Waals surface area contributed by atoms with E-state index < -0.39 is 6.10 Å². The van der Waals surface area contributed by atoms with Crippen molar-refractivity contribution in [3.63, 3.8) is 0 Å². The van der Waals surface area contributed by atoms with Crippen molar-refractivity contribution in [3.05, 3.63) is 60.4 Å². The molecule has 0 aliphatic carbocycles. The van der Waals surface area contributed by atoms with Gasteiger partial charge in [-0.25, -0.2) is 4.98 Å². The van der Waals surface area contributed by atoms with Gasteiger partial charge < -0.3 is 14.7 Å². The lowest BCUT2D eigenvalue weighted by Gasteiger charge is -2.29. The summed E-state index contributed by atoms with van der Waals surface area (Å²) < 4.78 is 5.36. The third kappa shape index (κ3) is 3.29. The number of likely N-dealkylation sites (N-methyl/N-ethyl adjacent to an activating group) is 1. The van der Waals surface area contributed by atoms with Gasteiger partial charge >= 0.3 is 0 Å². The van der Waals surface area contributed by atoms with Crippen molar-refractivity contribution < 1.29 is 14.6 Å². The molecule has 6 heteroatoms. The minimum absolute atomic E-state index is 0.124. The summed E-state index contributed by atoms with van der Waals surface area (Å²) in [7, 11) is 0. The molecule has 0 spiro atoms. The Morgan fingerprint density at radius 3 is 2.70 bits per heavy atom. The number of pyridine rings is 2. The zero-order valence-corrected chi connectivity index (χ0v) is 15.1. The molecule has 0 unspecified atom stereocenters. The maximum atomic E-state index is 13.4. The molecule has 1 aliphatic heterocycles. The zero-order valence-electron chi connectivity index (χ0n) is 15.1. The van der Waals surface area contributed by atoms with Gasteiger partial charge in [0.15, 0.2) is 0 Å². The lowest BCUT2D eigenvalue weighted by Crippen LogP contribution is -2.46. The lowest BCUT2D eigenvalue weighted by molar-refractivity contribution is 0.0522. The molecule has 1 aliphatic rings. The Balaban J connectivity index is 1.83. The maximum Gasteiger partial charge on any atom is 0.255 e. The fraction of sp³-hybridized carbons (Fsp3) is 0.286. The fourth-order valence-corrected chi connectivity index (χ4v) is 3.54. The van der Waals surface area contributed by atoms with Crippen LogP contribution in [0.5, 0.6) is 0 Å². The van der Waals surface area contributed by atoms with Crippen LogP contribution in [0.25, 0.3) is 22.2 Å². The first-order chi connectivity index (χ1) is 13.2. The van der Waals surface area contributed by atoms with E-state index in [0.717, 1.165) is 22.2 Å². The Labute approximate surface area is 157 Å². The molecule has 1 fully saturated rings. The molecule has 0 saturated carbocycles. The number of aliphatic hydroxyl groups excluding tert-OH is 1. The number of ether oxygens (including phenoxy) is 1. The van der Waals surface area contributed by atoms with Gasteiger partial charge in [0.2, 0.25) is 0 Å². The Morgan fingerprint density at radius 2 is 2.00 bits per heavy atom. The van der Waals surface area contributed by atoms with Crippen LogP contribution in [0.4, 0.5) is 0 Å². The van der Waals surface area contributed by atoms with Gasteiger partial charge in [-0.05, 0) is 31.2 Å². The second kappa shape index (κ2) is 7.42. The van der Waals surface area contributed by atoms with Crippen molar-refractivity contribution in [2.24, 2.45) is 0 Å². The standard InChI is InChI=1S/C21H21N3O3/c1-2-24(19-12-27-13-20(19)25)21(26)16-11-18(14-7-9-22-10-8-14)23-17-6-4-3-5-15(16)17/h3-11,19-20,25H,2,12-13H2,1H3/t19-,20-/m0/s1. The number of aliphatic hydroxyl groups is 1. The van der Waals surface area contributed by atoms with E-state index in [-0.39, 0.29) is 18.6 Å². The van der Waals surface area contributed by atoms with E-state index >= 15 is 0 Å². The molecule has 4 rings (SSSR count). The highest BCUT2D eigenvalue weighted by Crippen LogP contribution is 2.27. The summed E-state index contributed by atoms with van der Waals surface area (Å²) in [5.74, 6) is -0.124. The minimum atomic E-state index is -0.665. The van der Waals surface area contributed by atoms with Gasteiger partial charge in [0.25, 0.3) is 5.91 Å². The third-order valence-corrected chi connectivity index (χ3v) is 4.95. The number of amides is 1. The van der Waals surface area contributed by atoms with Crippen molar-refractivity contribution in [2.75, 3.05) is 19.8 Å². The second-order valence-corrected chi connectivity index (χ2v) is 6.57. The predicted octanol–water partition coefficient (Wildman–Crippen LogP) is 2.52. The zero-order chi connectivity index (χ0) is 18.8. The molecule has 6 nitrogen and oxygen atoms in total. The van der Waals surface area contributed by atoms with Crippen LogP contribution in [-0.4, -0.2) is 57.8 Å². The van der Waals surface area contributed by atoms with E-state index in [1.54, 1.807) is 17.3 Å². The van der Waals surface area contributed by atoms with Crippen molar-refractivity contribution in [1.82, 2.24) is 14.9 Å². The topological polar surface area (TPSA) is 75.6 Å². The van der Waals surface area contributed by atoms with E-state index in [1.807, 2.05) is 49.4 Å². The van der Waals surface area contributed by atoms with Crippen molar-refractivity contribution >= 4 is 16.8 Å². The van der Waals surface area contributed by atoms with Crippen LogP contribution in [0.3, 0.4) is 0 Å². The lowest BCUT2D eigenvalue weighted by atomic mass is 10.0. The normalized spacial score (nSPS) is 19.3. The number of hydrogen-bond donors (Lipinski definition) is 1. The molecule has 2 atom stereocenters. The SMILES string of the molecule is CCN(C(=O)c1cc(-c2ccncc2)nc2ccccc12)[C@H]1COC[C@@H]1O. The number of fused-ring (bicyclic) bond motifs is 1.